The van der Waals surface area contributed by atoms with E-state index in [0.717, 1.165) is 6.54 Å². The molecule has 2 heterocycles. The van der Waals surface area contributed by atoms with Crippen molar-refractivity contribution >= 4 is 5.91 Å². The minimum atomic E-state index is -0.348. The minimum absolute atomic E-state index is 0.0147. The van der Waals surface area contributed by atoms with E-state index in [1.165, 1.54) is 7.05 Å². The number of likely N-dealkylation sites (N-methyl/N-ethyl adjacent to an activating group) is 1. The zero-order valence-corrected chi connectivity index (χ0v) is 9.90. The van der Waals surface area contributed by atoms with Crippen LogP contribution in [0.1, 0.15) is 29.4 Å². The van der Waals surface area contributed by atoms with Gasteiger partial charge in [0.15, 0.2) is 0 Å². The number of nitrogens with zero attached hydrogens (tertiary/aromatic N) is 2. The lowest BCUT2D eigenvalue weighted by molar-refractivity contribution is 0.0950. The summed E-state index contributed by atoms with van der Waals surface area (Å²) in [6.07, 6.45) is 0. The second kappa shape index (κ2) is 5.24. The number of aromatic nitrogens is 2. The van der Waals surface area contributed by atoms with Crippen molar-refractivity contribution in [2.75, 3.05) is 26.8 Å². The molecule has 94 valence electrons. The van der Waals surface area contributed by atoms with Crippen molar-refractivity contribution in [2.45, 2.75) is 18.9 Å². The summed E-state index contributed by atoms with van der Waals surface area (Å²) in [6, 6.07) is 0.165. The van der Waals surface area contributed by atoms with E-state index >= 15 is 0 Å². The van der Waals surface area contributed by atoms with Crippen LogP contribution in [0.25, 0.3) is 0 Å². The summed E-state index contributed by atoms with van der Waals surface area (Å²) in [5.41, 5.74) is 0. The molecule has 2 rings (SSSR count). The fraction of sp³-hybridized carbons (Fsp3) is 0.700. The molecule has 1 amide bonds. The van der Waals surface area contributed by atoms with Crippen LogP contribution in [0, 0.1) is 0 Å². The number of nitrogens with one attached hydrogen (secondary N) is 2. The summed E-state index contributed by atoms with van der Waals surface area (Å²) in [4.78, 5) is 15.4. The molecule has 2 unspecified atom stereocenters. The molecular weight excluding hydrogens is 224 g/mol. The van der Waals surface area contributed by atoms with Crippen LogP contribution in [0.4, 0.5) is 0 Å². The number of carbonyl (C=O) groups is 1. The Morgan fingerprint density at radius 2 is 2.35 bits per heavy atom. The highest BCUT2D eigenvalue weighted by Gasteiger charge is 2.33. The van der Waals surface area contributed by atoms with Crippen LogP contribution in [0.15, 0.2) is 4.52 Å². The molecule has 1 aromatic heterocycles. The van der Waals surface area contributed by atoms with Gasteiger partial charge in [0.05, 0.1) is 19.1 Å². The Kier molecular flexibility index (Phi) is 3.70. The fourth-order valence-corrected chi connectivity index (χ4v) is 1.85. The first-order chi connectivity index (χ1) is 8.26. The highest BCUT2D eigenvalue weighted by atomic mass is 16.5. The quantitative estimate of drug-likeness (QED) is 0.739. The van der Waals surface area contributed by atoms with Gasteiger partial charge in [0, 0.05) is 13.1 Å². The molecule has 2 atom stereocenters. The Balaban J connectivity index is 2.11. The highest BCUT2D eigenvalue weighted by molar-refractivity contribution is 5.89. The van der Waals surface area contributed by atoms with Crippen LogP contribution in [-0.4, -0.2) is 48.9 Å². The van der Waals surface area contributed by atoms with E-state index < -0.39 is 0 Å². The van der Waals surface area contributed by atoms with E-state index in [4.69, 9.17) is 9.26 Å². The molecule has 1 fully saturated rings. The zero-order valence-electron chi connectivity index (χ0n) is 9.90. The van der Waals surface area contributed by atoms with E-state index in [1.807, 2.05) is 6.92 Å². The Morgan fingerprint density at radius 3 is 3.06 bits per heavy atom. The molecule has 1 aliphatic heterocycles. The number of hydrogen-bond acceptors (Lipinski definition) is 6. The van der Waals surface area contributed by atoms with Gasteiger partial charge < -0.3 is 19.9 Å². The first kappa shape index (κ1) is 12.0. The third-order valence-corrected chi connectivity index (χ3v) is 2.74. The fourth-order valence-electron chi connectivity index (χ4n) is 1.85. The molecule has 0 saturated carbocycles. The normalized spacial score (nSPS) is 23.9. The number of rotatable bonds is 4. The van der Waals surface area contributed by atoms with E-state index in [0.29, 0.717) is 19.1 Å². The van der Waals surface area contributed by atoms with Crippen LogP contribution < -0.4 is 10.6 Å². The van der Waals surface area contributed by atoms with Crippen molar-refractivity contribution in [3.8, 4) is 0 Å². The third-order valence-electron chi connectivity index (χ3n) is 2.74. The molecule has 1 saturated heterocycles. The largest absolute Gasteiger partial charge is 0.379 e. The second-order valence-corrected chi connectivity index (χ2v) is 3.84. The molecule has 0 bridgehead atoms. The maximum Gasteiger partial charge on any atom is 0.292 e. The van der Waals surface area contributed by atoms with Gasteiger partial charge in [0.25, 0.3) is 11.7 Å². The van der Waals surface area contributed by atoms with Crippen molar-refractivity contribution in [1.29, 1.82) is 0 Å². The molecule has 1 aromatic rings. The molecule has 0 radical (unpaired) electrons. The number of hydrogen-bond donors (Lipinski definition) is 2. The number of amides is 1. The third kappa shape index (κ3) is 2.45. The van der Waals surface area contributed by atoms with Crippen molar-refractivity contribution in [1.82, 2.24) is 20.8 Å². The smallest absolute Gasteiger partial charge is 0.292 e. The van der Waals surface area contributed by atoms with Gasteiger partial charge in [-0.1, -0.05) is 12.1 Å². The van der Waals surface area contributed by atoms with E-state index in [9.17, 15) is 4.79 Å². The number of carbonyl (C=O) groups excluding carboxylic acids is 1. The predicted octanol–water partition coefficient (Wildman–Crippen LogP) is -0.479. The lowest BCUT2D eigenvalue weighted by Gasteiger charge is -2.13. The van der Waals surface area contributed by atoms with Crippen molar-refractivity contribution in [3.05, 3.63) is 11.7 Å². The Hall–Kier alpha value is -1.47. The summed E-state index contributed by atoms with van der Waals surface area (Å²) in [5, 5.41) is 9.39. The van der Waals surface area contributed by atoms with Gasteiger partial charge in [-0.15, -0.1) is 0 Å². The lowest BCUT2D eigenvalue weighted by Crippen LogP contribution is -2.34. The molecule has 7 heteroatoms. The molecule has 1 aliphatic rings. The first-order valence-electron chi connectivity index (χ1n) is 5.63. The standard InChI is InChI=1S/C10H16N4O3/c1-3-12-7-5-16-4-6(7)10-13-8(14-17-10)9(15)11-2/h6-7,12H,3-5H2,1-2H3,(H,11,15). The highest BCUT2D eigenvalue weighted by Crippen LogP contribution is 2.24. The zero-order chi connectivity index (χ0) is 12.3. The Labute approximate surface area is 98.9 Å². The van der Waals surface area contributed by atoms with E-state index in [1.54, 1.807) is 0 Å². The maximum absolute atomic E-state index is 11.3. The van der Waals surface area contributed by atoms with Crippen molar-refractivity contribution < 1.29 is 14.1 Å². The summed E-state index contributed by atoms with van der Waals surface area (Å²) in [6.45, 7) is 4.03. The van der Waals surface area contributed by atoms with Crippen LogP contribution in [0.3, 0.4) is 0 Å². The predicted molar refractivity (Wildman–Crippen MR) is 58.7 cm³/mol. The molecule has 0 spiro atoms. The average Bonchev–Trinajstić information content (AvgIpc) is 2.96. The average molecular weight is 240 g/mol. The summed E-state index contributed by atoms with van der Waals surface area (Å²) in [7, 11) is 1.53. The monoisotopic (exact) mass is 240 g/mol. The molecule has 17 heavy (non-hydrogen) atoms. The molecular formula is C10H16N4O3. The molecule has 2 N–H and O–H groups in total. The van der Waals surface area contributed by atoms with Gasteiger partial charge in [-0.3, -0.25) is 4.79 Å². The van der Waals surface area contributed by atoms with Gasteiger partial charge in [0.1, 0.15) is 0 Å². The van der Waals surface area contributed by atoms with Crippen LogP contribution >= 0.6 is 0 Å². The van der Waals surface area contributed by atoms with Gasteiger partial charge in [-0.25, -0.2) is 0 Å². The summed E-state index contributed by atoms with van der Waals surface area (Å²) < 4.78 is 10.5. The molecule has 0 aliphatic carbocycles. The van der Waals surface area contributed by atoms with Crippen LogP contribution in [0.2, 0.25) is 0 Å². The van der Waals surface area contributed by atoms with Crippen molar-refractivity contribution in [2.24, 2.45) is 0 Å². The van der Waals surface area contributed by atoms with E-state index in [-0.39, 0.29) is 23.7 Å². The van der Waals surface area contributed by atoms with Crippen LogP contribution in [0.5, 0.6) is 0 Å². The summed E-state index contributed by atoms with van der Waals surface area (Å²) in [5.74, 6) is 0.177. The Morgan fingerprint density at radius 1 is 1.53 bits per heavy atom. The maximum atomic E-state index is 11.3. The molecule has 7 nitrogen and oxygen atoms in total. The Bertz CT molecular complexity index is 393. The van der Waals surface area contributed by atoms with Gasteiger partial charge >= 0.3 is 0 Å². The van der Waals surface area contributed by atoms with E-state index in [2.05, 4.69) is 20.8 Å². The number of ether oxygens (including phenoxy) is 1. The van der Waals surface area contributed by atoms with Gasteiger partial charge in [0.2, 0.25) is 5.89 Å². The van der Waals surface area contributed by atoms with Crippen molar-refractivity contribution in [3.63, 3.8) is 0 Å². The minimum Gasteiger partial charge on any atom is -0.379 e. The first-order valence-corrected chi connectivity index (χ1v) is 5.63. The second-order valence-electron chi connectivity index (χ2n) is 3.84. The van der Waals surface area contributed by atoms with Crippen LogP contribution in [-0.2, 0) is 4.74 Å². The van der Waals surface area contributed by atoms with Gasteiger partial charge in [-0.05, 0) is 6.54 Å². The summed E-state index contributed by atoms with van der Waals surface area (Å²) >= 11 is 0. The molecule has 0 aromatic carbocycles. The lowest BCUT2D eigenvalue weighted by atomic mass is 10.0. The topological polar surface area (TPSA) is 89.3 Å². The van der Waals surface area contributed by atoms with Gasteiger partial charge in [-0.2, -0.15) is 4.98 Å². The SMILES string of the molecule is CCNC1COCC1c1nc(C(=O)NC)no1.